The van der Waals surface area contributed by atoms with Crippen molar-refractivity contribution in [1.29, 1.82) is 0 Å². The van der Waals surface area contributed by atoms with E-state index in [0.29, 0.717) is 39.0 Å². The fourth-order valence-electron chi connectivity index (χ4n) is 2.15. The molecule has 0 aliphatic carbocycles. The van der Waals surface area contributed by atoms with Gasteiger partial charge in [-0.05, 0) is 40.0 Å². The molecule has 2 unspecified atom stereocenters. The number of carboxylic acid groups (broad SMARTS) is 1. The van der Waals surface area contributed by atoms with Crippen molar-refractivity contribution in [3.63, 3.8) is 0 Å². The predicted octanol–water partition coefficient (Wildman–Crippen LogP) is 1.20. The highest BCUT2D eigenvalue weighted by atomic mass is 16.6. The molecule has 0 bridgehead atoms. The van der Waals surface area contributed by atoms with E-state index in [4.69, 9.17) is 20.3 Å². The number of rotatable bonds is 5. The van der Waals surface area contributed by atoms with Crippen molar-refractivity contribution in [2.24, 2.45) is 5.73 Å². The number of morpholine rings is 1. The van der Waals surface area contributed by atoms with Gasteiger partial charge in [0.05, 0.1) is 19.3 Å². The van der Waals surface area contributed by atoms with Crippen LogP contribution in [0.25, 0.3) is 0 Å². The van der Waals surface area contributed by atoms with Crippen LogP contribution in [-0.2, 0) is 14.3 Å². The second-order valence-electron chi connectivity index (χ2n) is 6.28. The molecule has 1 fully saturated rings. The molecule has 7 heteroatoms. The molecule has 0 aromatic heterocycles. The highest BCUT2D eigenvalue weighted by molar-refractivity contribution is 5.73. The van der Waals surface area contributed by atoms with Crippen LogP contribution < -0.4 is 5.73 Å². The van der Waals surface area contributed by atoms with Gasteiger partial charge in [0.1, 0.15) is 11.6 Å². The van der Waals surface area contributed by atoms with Gasteiger partial charge in [0.15, 0.2) is 0 Å². The van der Waals surface area contributed by atoms with Crippen LogP contribution in [-0.4, -0.2) is 59.5 Å². The maximum absolute atomic E-state index is 12.2. The van der Waals surface area contributed by atoms with Crippen molar-refractivity contribution >= 4 is 12.1 Å². The summed E-state index contributed by atoms with van der Waals surface area (Å²) in [6.45, 7) is 6.90. The quantitative estimate of drug-likeness (QED) is 0.791. The molecule has 1 aliphatic heterocycles. The first-order valence-electron chi connectivity index (χ1n) is 7.26. The maximum Gasteiger partial charge on any atom is 0.410 e. The van der Waals surface area contributed by atoms with Gasteiger partial charge >= 0.3 is 12.1 Å². The Morgan fingerprint density at radius 2 is 2.14 bits per heavy atom. The number of carbonyl (C=O) groups is 2. The van der Waals surface area contributed by atoms with Crippen LogP contribution in [0.1, 0.15) is 40.0 Å². The van der Waals surface area contributed by atoms with Crippen LogP contribution in [0.2, 0.25) is 0 Å². The summed E-state index contributed by atoms with van der Waals surface area (Å²) in [7, 11) is 0. The smallest absolute Gasteiger partial charge is 0.410 e. The fraction of sp³-hybridized carbons (Fsp3) is 0.857. The van der Waals surface area contributed by atoms with E-state index in [1.807, 2.05) is 20.8 Å². The standard InChI is InChI=1S/C14H26N2O5/c1-14(2,3)21-13(19)16-7-8-20-9-10(16)5-4-6-11(15)12(17)18/h10-11H,4-9,15H2,1-3H3,(H,17,18). The first-order valence-corrected chi connectivity index (χ1v) is 7.26. The van der Waals surface area contributed by atoms with Crippen LogP contribution in [0.3, 0.4) is 0 Å². The van der Waals surface area contributed by atoms with E-state index < -0.39 is 17.6 Å². The lowest BCUT2D eigenvalue weighted by Crippen LogP contribution is -2.50. The molecule has 122 valence electrons. The van der Waals surface area contributed by atoms with E-state index >= 15 is 0 Å². The van der Waals surface area contributed by atoms with Crippen molar-refractivity contribution in [2.45, 2.75) is 57.7 Å². The van der Waals surface area contributed by atoms with Crippen LogP contribution in [0.4, 0.5) is 4.79 Å². The topological polar surface area (TPSA) is 102 Å². The molecule has 2 atom stereocenters. The number of aliphatic carboxylic acids is 1. The molecule has 0 aromatic rings. The number of nitrogens with two attached hydrogens (primary N) is 1. The van der Waals surface area contributed by atoms with Gasteiger partial charge in [-0.15, -0.1) is 0 Å². The number of hydrogen-bond donors (Lipinski definition) is 2. The van der Waals surface area contributed by atoms with Crippen molar-refractivity contribution in [3.05, 3.63) is 0 Å². The first kappa shape index (κ1) is 17.7. The summed E-state index contributed by atoms with van der Waals surface area (Å²) in [6, 6.07) is -0.945. The van der Waals surface area contributed by atoms with Gasteiger partial charge in [-0.1, -0.05) is 0 Å². The third-order valence-corrected chi connectivity index (χ3v) is 3.23. The van der Waals surface area contributed by atoms with Gasteiger partial charge in [0, 0.05) is 6.54 Å². The Morgan fingerprint density at radius 3 is 2.71 bits per heavy atom. The number of hydrogen-bond acceptors (Lipinski definition) is 5. The summed E-state index contributed by atoms with van der Waals surface area (Å²) in [5, 5.41) is 8.75. The minimum absolute atomic E-state index is 0.0883. The molecule has 1 heterocycles. The van der Waals surface area contributed by atoms with Crippen molar-refractivity contribution in [1.82, 2.24) is 4.90 Å². The average molecular weight is 302 g/mol. The molecule has 7 nitrogen and oxygen atoms in total. The van der Waals surface area contributed by atoms with Crippen LogP contribution in [0, 0.1) is 0 Å². The zero-order valence-electron chi connectivity index (χ0n) is 13.0. The van der Waals surface area contributed by atoms with Crippen LogP contribution in [0.15, 0.2) is 0 Å². The zero-order chi connectivity index (χ0) is 16.0. The van der Waals surface area contributed by atoms with Gasteiger partial charge in [-0.25, -0.2) is 4.79 Å². The summed E-state index contributed by atoms with van der Waals surface area (Å²) < 4.78 is 10.8. The minimum Gasteiger partial charge on any atom is -0.480 e. The molecule has 0 radical (unpaired) electrons. The normalized spacial score (nSPS) is 21.0. The van der Waals surface area contributed by atoms with E-state index in [2.05, 4.69) is 0 Å². The Balaban J connectivity index is 2.49. The van der Waals surface area contributed by atoms with Gasteiger partial charge in [-0.3, -0.25) is 4.79 Å². The van der Waals surface area contributed by atoms with Crippen LogP contribution >= 0.6 is 0 Å². The molecule has 0 spiro atoms. The number of ether oxygens (including phenoxy) is 2. The summed E-state index contributed by atoms with van der Waals surface area (Å²) >= 11 is 0. The Kier molecular flexibility index (Phi) is 6.42. The average Bonchev–Trinajstić information content (AvgIpc) is 2.37. The molecular formula is C14H26N2O5. The lowest BCUT2D eigenvalue weighted by atomic mass is 10.0. The molecular weight excluding hydrogens is 276 g/mol. The summed E-state index contributed by atoms with van der Waals surface area (Å²) in [5.41, 5.74) is 4.94. The number of amides is 1. The Labute approximate surface area is 125 Å². The van der Waals surface area contributed by atoms with E-state index in [0.717, 1.165) is 0 Å². The first-order chi connectivity index (χ1) is 9.70. The fourth-order valence-corrected chi connectivity index (χ4v) is 2.15. The summed E-state index contributed by atoms with van der Waals surface area (Å²) in [4.78, 5) is 24.5. The largest absolute Gasteiger partial charge is 0.480 e. The monoisotopic (exact) mass is 302 g/mol. The summed E-state index contributed by atoms with van der Waals surface area (Å²) in [6.07, 6.45) is 1.31. The van der Waals surface area contributed by atoms with Crippen molar-refractivity contribution in [2.75, 3.05) is 19.8 Å². The van der Waals surface area contributed by atoms with Gasteiger partial charge in [-0.2, -0.15) is 0 Å². The van der Waals surface area contributed by atoms with E-state index in [1.54, 1.807) is 4.90 Å². The van der Waals surface area contributed by atoms with E-state index in [-0.39, 0.29) is 12.1 Å². The Bertz CT molecular complexity index is 367. The van der Waals surface area contributed by atoms with Crippen molar-refractivity contribution in [3.8, 4) is 0 Å². The van der Waals surface area contributed by atoms with Gasteiger partial charge < -0.3 is 25.2 Å². The third-order valence-electron chi connectivity index (χ3n) is 3.23. The lowest BCUT2D eigenvalue weighted by molar-refractivity contribution is -0.138. The molecule has 1 aliphatic rings. The van der Waals surface area contributed by atoms with Gasteiger partial charge in [0.25, 0.3) is 0 Å². The van der Waals surface area contributed by atoms with Gasteiger partial charge in [0.2, 0.25) is 0 Å². The number of carboxylic acids is 1. The molecule has 21 heavy (non-hydrogen) atoms. The highest BCUT2D eigenvalue weighted by Crippen LogP contribution is 2.18. The highest BCUT2D eigenvalue weighted by Gasteiger charge is 2.30. The predicted molar refractivity (Wildman–Crippen MR) is 77.0 cm³/mol. The zero-order valence-corrected chi connectivity index (χ0v) is 13.0. The minimum atomic E-state index is -1.00. The third kappa shape index (κ3) is 6.31. The molecule has 0 saturated carbocycles. The van der Waals surface area contributed by atoms with Crippen molar-refractivity contribution < 1.29 is 24.2 Å². The summed E-state index contributed by atoms with van der Waals surface area (Å²) in [5.74, 6) is -1.00. The number of carbonyl (C=O) groups excluding carboxylic acids is 1. The Hall–Kier alpha value is -1.34. The molecule has 3 N–H and O–H groups in total. The second kappa shape index (κ2) is 7.61. The van der Waals surface area contributed by atoms with Crippen LogP contribution in [0.5, 0.6) is 0 Å². The van der Waals surface area contributed by atoms with E-state index in [1.165, 1.54) is 0 Å². The second-order valence-corrected chi connectivity index (χ2v) is 6.28. The molecule has 1 amide bonds. The molecule has 1 saturated heterocycles. The maximum atomic E-state index is 12.2. The molecule has 0 aromatic carbocycles. The number of nitrogens with zero attached hydrogens (tertiary/aromatic N) is 1. The SMILES string of the molecule is CC(C)(C)OC(=O)N1CCOCC1CCCC(N)C(=O)O. The molecule has 1 rings (SSSR count). The lowest BCUT2D eigenvalue weighted by Gasteiger charge is -2.36. The van der Waals surface area contributed by atoms with E-state index in [9.17, 15) is 9.59 Å². The Morgan fingerprint density at radius 1 is 1.48 bits per heavy atom.